The monoisotopic (exact) mass is 287 g/mol. The highest BCUT2D eigenvalue weighted by Gasteiger charge is 2.26. The van der Waals surface area contributed by atoms with Gasteiger partial charge in [0.1, 0.15) is 0 Å². The van der Waals surface area contributed by atoms with Gasteiger partial charge in [0, 0.05) is 15.6 Å². The fraction of sp³-hybridized carbons (Fsp3) is 0.500. The van der Waals surface area contributed by atoms with Crippen molar-refractivity contribution >= 4 is 15.9 Å². The molecular formula is C12H18BrNO2. The molecule has 0 spiro atoms. The second-order valence-corrected chi connectivity index (χ2v) is 5.17. The smallest absolute Gasteiger partial charge is 0.166 e. The number of hydrogen-bond donors (Lipinski definition) is 1. The molecule has 0 saturated carbocycles. The number of hydrogen-bond acceptors (Lipinski definition) is 3. The van der Waals surface area contributed by atoms with Gasteiger partial charge in [-0.25, -0.2) is 0 Å². The summed E-state index contributed by atoms with van der Waals surface area (Å²) in [5.74, 6) is 1.39. The normalized spacial score (nSPS) is 11.4. The van der Waals surface area contributed by atoms with E-state index in [2.05, 4.69) is 15.9 Å². The molecule has 90 valence electrons. The molecule has 4 heteroatoms. The molecule has 0 bridgehead atoms. The van der Waals surface area contributed by atoms with Crippen LogP contribution >= 0.6 is 15.9 Å². The van der Waals surface area contributed by atoms with Crippen molar-refractivity contribution in [2.24, 2.45) is 5.73 Å². The highest BCUT2D eigenvalue weighted by Crippen LogP contribution is 2.42. The van der Waals surface area contributed by atoms with Gasteiger partial charge in [-0.1, -0.05) is 15.9 Å². The molecule has 0 aromatic heterocycles. The molecular weight excluding hydrogens is 270 g/mol. The van der Waals surface area contributed by atoms with Crippen molar-refractivity contribution in [2.75, 3.05) is 14.2 Å². The Balaban J connectivity index is 3.60. The fourth-order valence-electron chi connectivity index (χ4n) is 1.83. The highest BCUT2D eigenvalue weighted by molar-refractivity contribution is 9.10. The standard InChI is InChI=1S/C12H18BrNO2/c1-7-8(13)6-9(15-4)11(16-5)10(7)12(2,3)14/h6H,14H2,1-5H3. The third-order valence-corrected chi connectivity index (χ3v) is 3.33. The Bertz CT molecular complexity index is 397. The lowest BCUT2D eigenvalue weighted by molar-refractivity contribution is 0.342. The summed E-state index contributed by atoms with van der Waals surface area (Å²) < 4.78 is 11.7. The van der Waals surface area contributed by atoms with Gasteiger partial charge in [0.25, 0.3) is 0 Å². The van der Waals surface area contributed by atoms with E-state index in [4.69, 9.17) is 15.2 Å². The Labute approximate surface area is 105 Å². The van der Waals surface area contributed by atoms with Crippen LogP contribution in [0.2, 0.25) is 0 Å². The van der Waals surface area contributed by atoms with Crippen LogP contribution in [0.25, 0.3) is 0 Å². The molecule has 0 unspecified atom stereocenters. The molecule has 0 aliphatic rings. The van der Waals surface area contributed by atoms with E-state index in [1.54, 1.807) is 14.2 Å². The first kappa shape index (κ1) is 13.3. The van der Waals surface area contributed by atoms with Gasteiger partial charge in [0.2, 0.25) is 0 Å². The number of nitrogens with two attached hydrogens (primary N) is 1. The Kier molecular flexibility index (Phi) is 3.86. The van der Waals surface area contributed by atoms with E-state index in [1.807, 2.05) is 26.8 Å². The minimum Gasteiger partial charge on any atom is -0.493 e. The maximum atomic E-state index is 6.17. The van der Waals surface area contributed by atoms with Gasteiger partial charge in [-0.15, -0.1) is 0 Å². The van der Waals surface area contributed by atoms with E-state index in [-0.39, 0.29) is 0 Å². The van der Waals surface area contributed by atoms with Crippen molar-refractivity contribution in [1.82, 2.24) is 0 Å². The summed E-state index contributed by atoms with van der Waals surface area (Å²) in [7, 11) is 3.24. The van der Waals surface area contributed by atoms with Gasteiger partial charge in [0.05, 0.1) is 14.2 Å². The van der Waals surface area contributed by atoms with E-state index in [1.165, 1.54) is 0 Å². The van der Waals surface area contributed by atoms with Gasteiger partial charge >= 0.3 is 0 Å². The predicted molar refractivity (Wildman–Crippen MR) is 69.2 cm³/mol. The predicted octanol–water partition coefficient (Wildman–Crippen LogP) is 2.97. The van der Waals surface area contributed by atoms with Gasteiger partial charge in [-0.2, -0.15) is 0 Å². The van der Waals surface area contributed by atoms with Gasteiger partial charge in [-0.05, 0) is 32.4 Å². The van der Waals surface area contributed by atoms with Crippen LogP contribution in [0, 0.1) is 6.92 Å². The molecule has 0 radical (unpaired) electrons. The summed E-state index contributed by atoms with van der Waals surface area (Å²) in [4.78, 5) is 0. The van der Waals surface area contributed by atoms with Crippen molar-refractivity contribution in [1.29, 1.82) is 0 Å². The molecule has 3 nitrogen and oxygen atoms in total. The lowest BCUT2D eigenvalue weighted by Gasteiger charge is -2.26. The third-order valence-electron chi connectivity index (χ3n) is 2.51. The average molecular weight is 288 g/mol. The Morgan fingerprint density at radius 1 is 1.25 bits per heavy atom. The van der Waals surface area contributed by atoms with Crippen LogP contribution in [0.5, 0.6) is 11.5 Å². The zero-order chi connectivity index (χ0) is 12.5. The summed E-state index contributed by atoms with van der Waals surface area (Å²) >= 11 is 3.50. The highest BCUT2D eigenvalue weighted by atomic mass is 79.9. The quantitative estimate of drug-likeness (QED) is 0.930. The molecule has 1 rings (SSSR count). The summed E-state index contributed by atoms with van der Waals surface area (Å²) in [6, 6.07) is 1.89. The minimum atomic E-state index is -0.480. The van der Waals surface area contributed by atoms with Crippen LogP contribution < -0.4 is 15.2 Å². The van der Waals surface area contributed by atoms with E-state index in [9.17, 15) is 0 Å². The molecule has 0 atom stereocenters. The van der Waals surface area contributed by atoms with E-state index in [0.29, 0.717) is 11.5 Å². The maximum absolute atomic E-state index is 6.17. The lowest BCUT2D eigenvalue weighted by Crippen LogP contribution is -2.30. The van der Waals surface area contributed by atoms with Crippen molar-refractivity contribution < 1.29 is 9.47 Å². The van der Waals surface area contributed by atoms with Crippen LogP contribution in [-0.4, -0.2) is 14.2 Å². The van der Waals surface area contributed by atoms with Crippen LogP contribution in [0.15, 0.2) is 10.5 Å². The average Bonchev–Trinajstić information content (AvgIpc) is 2.19. The number of methoxy groups -OCH3 is 2. The molecule has 0 amide bonds. The first-order chi connectivity index (χ1) is 7.32. The fourth-order valence-corrected chi connectivity index (χ4v) is 2.24. The molecule has 2 N–H and O–H groups in total. The molecule has 0 fully saturated rings. The van der Waals surface area contributed by atoms with Gasteiger partial charge in [0.15, 0.2) is 11.5 Å². The second kappa shape index (κ2) is 4.63. The zero-order valence-electron chi connectivity index (χ0n) is 10.3. The van der Waals surface area contributed by atoms with Crippen LogP contribution in [0.4, 0.5) is 0 Å². The van der Waals surface area contributed by atoms with Crippen LogP contribution in [0.1, 0.15) is 25.0 Å². The summed E-state index contributed by atoms with van der Waals surface area (Å²) in [6.45, 7) is 5.91. The van der Waals surface area contributed by atoms with Gasteiger partial charge < -0.3 is 15.2 Å². The molecule has 16 heavy (non-hydrogen) atoms. The van der Waals surface area contributed by atoms with Crippen molar-refractivity contribution in [3.63, 3.8) is 0 Å². The first-order valence-corrected chi connectivity index (χ1v) is 5.82. The molecule has 0 aliphatic carbocycles. The van der Waals surface area contributed by atoms with E-state index >= 15 is 0 Å². The topological polar surface area (TPSA) is 44.5 Å². The van der Waals surface area contributed by atoms with E-state index < -0.39 is 5.54 Å². The molecule has 1 aromatic carbocycles. The molecule has 0 heterocycles. The van der Waals surface area contributed by atoms with Crippen molar-refractivity contribution in [3.8, 4) is 11.5 Å². The summed E-state index contributed by atoms with van der Waals surface area (Å²) in [5, 5.41) is 0. The van der Waals surface area contributed by atoms with Crippen molar-refractivity contribution in [3.05, 3.63) is 21.7 Å². The molecule has 0 aliphatic heterocycles. The summed E-state index contributed by atoms with van der Waals surface area (Å²) in [6.07, 6.45) is 0. The zero-order valence-corrected chi connectivity index (χ0v) is 11.9. The first-order valence-electron chi connectivity index (χ1n) is 5.03. The van der Waals surface area contributed by atoms with Crippen molar-refractivity contribution in [2.45, 2.75) is 26.3 Å². The van der Waals surface area contributed by atoms with E-state index in [0.717, 1.165) is 15.6 Å². The molecule has 0 saturated heterocycles. The SMILES string of the molecule is COc1cc(Br)c(C)c(C(C)(C)N)c1OC. The maximum Gasteiger partial charge on any atom is 0.166 e. The Hall–Kier alpha value is -0.740. The number of halogens is 1. The minimum absolute atomic E-state index is 0.480. The van der Waals surface area contributed by atoms with Gasteiger partial charge in [-0.3, -0.25) is 0 Å². The largest absolute Gasteiger partial charge is 0.493 e. The van der Waals surface area contributed by atoms with Crippen LogP contribution in [0.3, 0.4) is 0 Å². The second-order valence-electron chi connectivity index (χ2n) is 4.32. The Morgan fingerprint density at radius 2 is 1.81 bits per heavy atom. The third kappa shape index (κ3) is 2.33. The number of benzene rings is 1. The summed E-state index contributed by atoms with van der Waals surface area (Å²) in [5.41, 5.74) is 7.72. The number of rotatable bonds is 3. The lowest BCUT2D eigenvalue weighted by atomic mass is 9.90. The number of ether oxygens (including phenoxy) is 2. The molecule has 1 aromatic rings. The van der Waals surface area contributed by atoms with Crippen LogP contribution in [-0.2, 0) is 5.54 Å². The Morgan fingerprint density at radius 3 is 2.19 bits per heavy atom.